The number of H-pyrrole nitrogens is 1. The highest BCUT2D eigenvalue weighted by Gasteiger charge is 2.49. The summed E-state index contributed by atoms with van der Waals surface area (Å²) in [5.41, 5.74) is 3.61. The number of rotatable bonds is 11. The molecule has 3 saturated heterocycles. The van der Waals surface area contributed by atoms with E-state index in [4.69, 9.17) is 14.2 Å². The van der Waals surface area contributed by atoms with Gasteiger partial charge in [-0.05, 0) is 97.1 Å². The Balaban J connectivity index is 0.872. The third-order valence-electron chi connectivity index (χ3n) is 14.5. The van der Waals surface area contributed by atoms with Crippen LogP contribution in [-0.2, 0) is 14.8 Å². The standard InChI is InChI=1S/C48H54FN7O8S/c1-29(2)34-6-3-4-7-35(34)36-8-5-9-39(36)55-27-48(28-55)15-18-54(19-16-48)32-10-11-37(41(23-32)64-43-22-31-12-17-50-46(31)52-45(43)49)47(57)53-65(60,61)33-24-40(56(58)59)44-42(25-33)63-26-38(51-44)30-13-20-62-21-14-30/h3-4,6-7,10-12,17,22-25,29-30,36,38-39,51H,5,8-9,13-16,18-21,26-28H2,1-2H3,(H,50,52)(H,53,57)/t36-,38-,39-/m1/s1. The van der Waals surface area contributed by atoms with Gasteiger partial charge < -0.3 is 29.4 Å². The fraction of sp³-hybridized carbons (Fsp3) is 0.458. The number of likely N-dealkylation sites (tertiary alicyclic amines) is 1. The number of anilines is 2. The van der Waals surface area contributed by atoms with Crippen LogP contribution in [0.5, 0.6) is 17.2 Å². The van der Waals surface area contributed by atoms with Crippen LogP contribution in [0.4, 0.5) is 21.5 Å². The number of pyridine rings is 1. The van der Waals surface area contributed by atoms with Gasteiger partial charge in [-0.2, -0.15) is 9.37 Å². The highest BCUT2D eigenvalue weighted by molar-refractivity contribution is 7.90. The molecule has 1 spiro atoms. The highest BCUT2D eigenvalue weighted by Crippen LogP contribution is 2.49. The Labute approximate surface area is 377 Å². The van der Waals surface area contributed by atoms with E-state index in [0.29, 0.717) is 42.1 Å². The van der Waals surface area contributed by atoms with E-state index in [1.54, 1.807) is 24.4 Å². The van der Waals surface area contributed by atoms with Crippen LogP contribution in [0.15, 0.2) is 77.8 Å². The van der Waals surface area contributed by atoms with E-state index >= 15 is 4.39 Å². The van der Waals surface area contributed by atoms with E-state index in [-0.39, 0.29) is 52.5 Å². The van der Waals surface area contributed by atoms with E-state index in [1.807, 2.05) is 0 Å². The lowest BCUT2D eigenvalue weighted by Gasteiger charge is -2.57. The van der Waals surface area contributed by atoms with Crippen LogP contribution in [-0.4, -0.2) is 92.2 Å². The molecule has 1 aliphatic carbocycles. The molecule has 3 atom stereocenters. The number of carbonyl (C=O) groups is 1. The maximum absolute atomic E-state index is 15.4. The first-order valence-corrected chi connectivity index (χ1v) is 24.2. The van der Waals surface area contributed by atoms with Crippen LogP contribution in [0.2, 0.25) is 0 Å². The number of nitrogens with zero attached hydrogens (tertiary/aromatic N) is 4. The molecule has 65 heavy (non-hydrogen) atoms. The zero-order valence-corrected chi connectivity index (χ0v) is 37.4. The molecule has 10 rings (SSSR count). The van der Waals surface area contributed by atoms with Gasteiger partial charge in [0.1, 0.15) is 18.0 Å². The monoisotopic (exact) mass is 907 g/mol. The number of amides is 1. The van der Waals surface area contributed by atoms with E-state index in [9.17, 15) is 23.3 Å². The molecule has 15 nitrogen and oxygen atoms in total. The van der Waals surface area contributed by atoms with Gasteiger partial charge in [0.2, 0.25) is 0 Å². The van der Waals surface area contributed by atoms with Gasteiger partial charge >= 0.3 is 0 Å². The third-order valence-corrected chi connectivity index (χ3v) is 15.8. The number of nitro benzene ring substituents is 1. The minimum atomic E-state index is -4.72. The summed E-state index contributed by atoms with van der Waals surface area (Å²) in [5, 5.41) is 16.1. The van der Waals surface area contributed by atoms with Crippen LogP contribution >= 0.6 is 0 Å². The van der Waals surface area contributed by atoms with Gasteiger partial charge in [-0.3, -0.25) is 19.8 Å². The van der Waals surface area contributed by atoms with Crippen molar-refractivity contribution in [3.63, 3.8) is 0 Å². The van der Waals surface area contributed by atoms with Gasteiger partial charge in [0.15, 0.2) is 17.2 Å². The summed E-state index contributed by atoms with van der Waals surface area (Å²) in [6.45, 7) is 9.52. The second-order valence-electron chi connectivity index (χ2n) is 18.8. The number of sulfonamides is 1. The van der Waals surface area contributed by atoms with Crippen LogP contribution in [0.25, 0.3) is 11.0 Å². The van der Waals surface area contributed by atoms with E-state index in [1.165, 1.54) is 48.6 Å². The van der Waals surface area contributed by atoms with Crippen molar-refractivity contribution in [3.05, 3.63) is 106 Å². The summed E-state index contributed by atoms with van der Waals surface area (Å²) < 4.78 is 62.8. The number of nitro groups is 1. The first-order chi connectivity index (χ1) is 31.3. The van der Waals surface area contributed by atoms with Crippen LogP contribution in [0.3, 0.4) is 0 Å². The lowest BCUT2D eigenvalue weighted by molar-refractivity contribution is -0.384. The van der Waals surface area contributed by atoms with E-state index in [2.05, 4.69) is 67.9 Å². The Hall–Kier alpha value is -5.78. The van der Waals surface area contributed by atoms with Crippen LogP contribution < -0.4 is 24.4 Å². The molecule has 17 heteroatoms. The van der Waals surface area contributed by atoms with Crippen LogP contribution in [0.1, 0.15) is 92.1 Å². The largest absolute Gasteiger partial charge is 0.489 e. The van der Waals surface area contributed by atoms with Crippen molar-refractivity contribution in [3.8, 4) is 17.2 Å². The molecule has 3 aromatic carbocycles. The normalized spacial score (nSPS) is 22.3. The Kier molecular flexibility index (Phi) is 11.4. The second kappa shape index (κ2) is 17.2. The number of nitrogens with one attached hydrogen (secondary N) is 3. The third kappa shape index (κ3) is 8.38. The quantitative estimate of drug-likeness (QED) is 0.0655. The molecule has 0 radical (unpaired) electrons. The summed E-state index contributed by atoms with van der Waals surface area (Å²) in [6.07, 6.45) is 8.76. The molecule has 0 unspecified atom stereocenters. The molecule has 0 bridgehead atoms. The Morgan fingerprint density at radius 1 is 1.02 bits per heavy atom. The Bertz CT molecular complexity index is 2740. The number of hydrogen-bond donors (Lipinski definition) is 3. The number of fused-ring (bicyclic) bond motifs is 2. The Morgan fingerprint density at radius 3 is 2.57 bits per heavy atom. The van der Waals surface area contributed by atoms with E-state index in [0.717, 1.165) is 63.6 Å². The number of carbonyl (C=O) groups excluding carboxylic acids is 1. The SMILES string of the molecule is CC(C)c1ccccc1[C@H]1CCC[C@H]1N1CC2(CCN(c3ccc(C(=O)NS(=O)(=O)c4cc5c(c([N+](=O)[O-])c4)N[C@@H](C4CCOCC4)CO5)c(Oc4cc5cc[nH]c5nc4F)c3)CC2)C1. The summed E-state index contributed by atoms with van der Waals surface area (Å²) in [7, 11) is -4.72. The first kappa shape index (κ1) is 43.1. The average Bonchev–Trinajstić information content (AvgIpc) is 3.97. The van der Waals surface area contributed by atoms with Gasteiger partial charge in [-0.25, -0.2) is 13.1 Å². The molecule has 1 saturated carbocycles. The lowest BCUT2D eigenvalue weighted by atomic mass is 9.70. The summed E-state index contributed by atoms with van der Waals surface area (Å²) in [4.78, 5) is 36.9. The molecular weight excluding hydrogens is 854 g/mol. The van der Waals surface area contributed by atoms with Gasteiger partial charge in [-0.1, -0.05) is 44.5 Å². The number of benzene rings is 3. The minimum Gasteiger partial charge on any atom is -0.489 e. The zero-order valence-electron chi connectivity index (χ0n) is 36.6. The fourth-order valence-electron chi connectivity index (χ4n) is 11.0. The van der Waals surface area contributed by atoms with Crippen molar-refractivity contribution < 1.29 is 36.7 Å². The van der Waals surface area contributed by atoms with Crippen LogP contribution in [0, 0.1) is 27.4 Å². The number of aromatic nitrogens is 2. The maximum atomic E-state index is 15.4. The van der Waals surface area contributed by atoms with Gasteiger partial charge in [0, 0.05) is 80.9 Å². The molecule has 5 aliphatic rings. The Morgan fingerprint density at radius 2 is 1.80 bits per heavy atom. The maximum Gasteiger partial charge on any atom is 0.297 e. The molecule has 4 fully saturated rings. The average molecular weight is 908 g/mol. The minimum absolute atomic E-state index is 0.0140. The van der Waals surface area contributed by atoms with Crippen molar-refractivity contribution in [1.82, 2.24) is 19.6 Å². The van der Waals surface area contributed by atoms with Crippen molar-refractivity contribution in [2.24, 2.45) is 11.3 Å². The number of ether oxygens (including phenoxy) is 3. The molecule has 342 valence electrons. The fourth-order valence-corrected chi connectivity index (χ4v) is 12.0. The van der Waals surface area contributed by atoms with Crippen molar-refractivity contribution in [2.75, 3.05) is 56.2 Å². The molecule has 5 aromatic rings. The predicted molar refractivity (Wildman–Crippen MR) is 243 cm³/mol. The number of piperidine rings is 1. The molecular formula is C48H54FN7O8S. The van der Waals surface area contributed by atoms with Gasteiger partial charge in [0.25, 0.3) is 27.6 Å². The smallest absolute Gasteiger partial charge is 0.297 e. The topological polar surface area (TPSA) is 181 Å². The first-order valence-electron chi connectivity index (χ1n) is 22.7. The number of hydrogen-bond acceptors (Lipinski definition) is 12. The predicted octanol–water partition coefficient (Wildman–Crippen LogP) is 8.48. The number of halogens is 1. The second-order valence-corrected chi connectivity index (χ2v) is 20.5. The van der Waals surface area contributed by atoms with Crippen molar-refractivity contribution >= 4 is 44.0 Å². The summed E-state index contributed by atoms with van der Waals surface area (Å²) >= 11 is 0. The highest BCUT2D eigenvalue weighted by atomic mass is 32.2. The van der Waals surface area contributed by atoms with Crippen molar-refractivity contribution in [2.45, 2.75) is 87.6 Å². The lowest BCUT2D eigenvalue weighted by Crippen LogP contribution is -2.63. The zero-order chi connectivity index (χ0) is 45.0. The number of aromatic amines is 1. The van der Waals surface area contributed by atoms with Gasteiger partial charge in [-0.15, -0.1) is 0 Å². The molecule has 6 heterocycles. The molecule has 2 aromatic heterocycles. The van der Waals surface area contributed by atoms with Crippen molar-refractivity contribution in [1.29, 1.82) is 0 Å². The molecule has 1 amide bonds. The molecule has 3 N–H and O–H groups in total. The summed E-state index contributed by atoms with van der Waals surface area (Å²) in [6, 6.07) is 19.3. The molecule has 4 aliphatic heterocycles. The van der Waals surface area contributed by atoms with E-state index < -0.39 is 37.4 Å². The van der Waals surface area contributed by atoms with Gasteiger partial charge in [0.05, 0.1) is 21.4 Å². The summed E-state index contributed by atoms with van der Waals surface area (Å²) in [5.74, 6) is -1.17.